The van der Waals surface area contributed by atoms with Crippen LogP contribution in [0.25, 0.3) is 0 Å². The number of nitrogens with zero attached hydrogens (tertiary/aromatic N) is 1. The molecule has 1 saturated heterocycles. The van der Waals surface area contributed by atoms with Gasteiger partial charge in [-0.3, -0.25) is 4.90 Å². The van der Waals surface area contributed by atoms with E-state index in [1.165, 1.54) is 38.2 Å². The zero-order valence-electron chi connectivity index (χ0n) is 12.7. The Hall–Kier alpha value is -1.00. The van der Waals surface area contributed by atoms with Gasteiger partial charge in [-0.15, -0.1) is 0 Å². The van der Waals surface area contributed by atoms with Crippen molar-refractivity contribution in [3.63, 3.8) is 0 Å². The fraction of sp³-hybridized carbons (Fsp3) is 0.647. The van der Waals surface area contributed by atoms with Crippen LogP contribution in [0.1, 0.15) is 50.6 Å². The van der Waals surface area contributed by atoms with E-state index >= 15 is 0 Å². The molecule has 116 valence electrons. The van der Waals surface area contributed by atoms with Gasteiger partial charge in [-0.05, 0) is 25.8 Å². The Labute approximate surface area is 125 Å². The van der Waals surface area contributed by atoms with Crippen molar-refractivity contribution in [2.24, 2.45) is 0 Å². The van der Waals surface area contributed by atoms with Crippen molar-refractivity contribution in [3.8, 4) is 0 Å². The van der Waals surface area contributed by atoms with Gasteiger partial charge in [0.25, 0.3) is 0 Å². The number of piperazine rings is 1. The summed E-state index contributed by atoms with van der Waals surface area (Å²) in [6.07, 6.45) is 6.14. The van der Waals surface area contributed by atoms with Gasteiger partial charge in [0.1, 0.15) is 11.6 Å². The highest BCUT2D eigenvalue weighted by Crippen LogP contribution is 2.40. The van der Waals surface area contributed by atoms with Crippen LogP contribution in [-0.4, -0.2) is 30.1 Å². The lowest BCUT2D eigenvalue weighted by Crippen LogP contribution is -2.62. The lowest BCUT2D eigenvalue weighted by atomic mass is 9.78. The molecule has 0 amide bonds. The Morgan fingerprint density at radius 1 is 1.19 bits per heavy atom. The molecule has 0 aromatic heterocycles. The summed E-state index contributed by atoms with van der Waals surface area (Å²) in [5.74, 6) is -0.928. The van der Waals surface area contributed by atoms with Crippen LogP contribution in [0, 0.1) is 11.6 Å². The Morgan fingerprint density at radius 3 is 2.67 bits per heavy atom. The van der Waals surface area contributed by atoms with Crippen molar-refractivity contribution < 1.29 is 8.78 Å². The first-order valence-corrected chi connectivity index (χ1v) is 8.05. The summed E-state index contributed by atoms with van der Waals surface area (Å²) in [5, 5.41) is 3.51. The van der Waals surface area contributed by atoms with Crippen LogP contribution in [0.4, 0.5) is 8.78 Å². The maximum Gasteiger partial charge on any atom is 0.130 e. The lowest BCUT2D eigenvalue weighted by Gasteiger charge is -2.52. The van der Waals surface area contributed by atoms with Gasteiger partial charge < -0.3 is 5.32 Å². The molecule has 2 nitrogen and oxygen atoms in total. The second-order valence-corrected chi connectivity index (χ2v) is 6.50. The summed E-state index contributed by atoms with van der Waals surface area (Å²) >= 11 is 0. The molecule has 0 bridgehead atoms. The van der Waals surface area contributed by atoms with Crippen molar-refractivity contribution >= 4 is 0 Å². The van der Waals surface area contributed by atoms with Crippen LogP contribution < -0.4 is 5.32 Å². The maximum absolute atomic E-state index is 14.1. The molecular formula is C17H24F2N2. The Kier molecular flexibility index (Phi) is 4.27. The zero-order valence-corrected chi connectivity index (χ0v) is 12.7. The van der Waals surface area contributed by atoms with Gasteiger partial charge in [0.2, 0.25) is 0 Å². The first kappa shape index (κ1) is 14.9. The van der Waals surface area contributed by atoms with Crippen molar-refractivity contribution in [3.05, 3.63) is 35.4 Å². The third-order valence-corrected chi connectivity index (χ3v) is 5.26. The van der Waals surface area contributed by atoms with E-state index < -0.39 is 11.6 Å². The molecule has 1 aliphatic heterocycles. The number of benzene rings is 1. The van der Waals surface area contributed by atoms with Crippen molar-refractivity contribution in [1.29, 1.82) is 0 Å². The average Bonchev–Trinajstić information content (AvgIpc) is 2.48. The fourth-order valence-corrected chi connectivity index (χ4v) is 4.15. The highest BCUT2D eigenvalue weighted by atomic mass is 19.1. The van der Waals surface area contributed by atoms with Gasteiger partial charge in [0, 0.05) is 42.8 Å². The minimum Gasteiger partial charge on any atom is -0.314 e. The quantitative estimate of drug-likeness (QED) is 0.896. The molecule has 1 heterocycles. The van der Waals surface area contributed by atoms with E-state index in [4.69, 9.17) is 0 Å². The standard InChI is InChI=1S/C17H24F2N2/c1-13(15-6-5-14(18)11-16(15)19)21-10-9-20-12-17(21)7-3-2-4-8-17/h5-6,11,13,20H,2-4,7-10,12H2,1H3. The predicted molar refractivity (Wildman–Crippen MR) is 80.2 cm³/mol. The number of halogens is 2. The van der Waals surface area contributed by atoms with Gasteiger partial charge in [0.05, 0.1) is 0 Å². The maximum atomic E-state index is 14.1. The second kappa shape index (κ2) is 6.01. The molecule has 4 heteroatoms. The number of nitrogens with one attached hydrogen (secondary N) is 1. The van der Waals surface area contributed by atoms with E-state index in [1.807, 2.05) is 0 Å². The molecule has 21 heavy (non-hydrogen) atoms. The van der Waals surface area contributed by atoms with Crippen LogP contribution in [0.15, 0.2) is 18.2 Å². The molecular weight excluding hydrogens is 270 g/mol. The fourth-order valence-electron chi connectivity index (χ4n) is 4.15. The van der Waals surface area contributed by atoms with E-state index in [1.54, 1.807) is 6.07 Å². The number of hydrogen-bond acceptors (Lipinski definition) is 2. The van der Waals surface area contributed by atoms with E-state index in [-0.39, 0.29) is 11.6 Å². The molecule has 1 aliphatic carbocycles. The molecule has 1 saturated carbocycles. The molecule has 1 spiro atoms. The van der Waals surface area contributed by atoms with E-state index in [0.29, 0.717) is 5.56 Å². The Bertz CT molecular complexity index is 489. The van der Waals surface area contributed by atoms with Crippen molar-refractivity contribution in [2.45, 2.75) is 50.6 Å². The van der Waals surface area contributed by atoms with E-state index in [9.17, 15) is 8.78 Å². The van der Waals surface area contributed by atoms with Crippen LogP contribution in [0.3, 0.4) is 0 Å². The SMILES string of the molecule is CC(c1ccc(F)cc1F)N1CCNCC12CCCCC2. The molecule has 2 aliphatic rings. The predicted octanol–water partition coefficient (Wildman–Crippen LogP) is 3.63. The van der Waals surface area contributed by atoms with Crippen LogP contribution in [0.2, 0.25) is 0 Å². The minimum absolute atomic E-state index is 0.00852. The molecule has 3 rings (SSSR count). The van der Waals surface area contributed by atoms with Gasteiger partial charge in [0.15, 0.2) is 0 Å². The average molecular weight is 294 g/mol. The smallest absolute Gasteiger partial charge is 0.130 e. The molecule has 1 aromatic rings. The van der Waals surface area contributed by atoms with E-state index in [2.05, 4.69) is 17.1 Å². The van der Waals surface area contributed by atoms with Crippen LogP contribution >= 0.6 is 0 Å². The van der Waals surface area contributed by atoms with Crippen molar-refractivity contribution in [1.82, 2.24) is 10.2 Å². The first-order chi connectivity index (χ1) is 10.1. The molecule has 1 N–H and O–H groups in total. The van der Waals surface area contributed by atoms with Crippen molar-refractivity contribution in [2.75, 3.05) is 19.6 Å². The largest absolute Gasteiger partial charge is 0.314 e. The van der Waals surface area contributed by atoms with Crippen LogP contribution in [-0.2, 0) is 0 Å². The van der Waals surface area contributed by atoms with Crippen LogP contribution in [0.5, 0.6) is 0 Å². The third kappa shape index (κ3) is 2.84. The van der Waals surface area contributed by atoms with Gasteiger partial charge >= 0.3 is 0 Å². The monoisotopic (exact) mass is 294 g/mol. The zero-order chi connectivity index (χ0) is 14.9. The molecule has 1 unspecified atom stereocenters. The Balaban J connectivity index is 1.88. The summed E-state index contributed by atoms with van der Waals surface area (Å²) in [6, 6.07) is 3.96. The molecule has 2 fully saturated rings. The van der Waals surface area contributed by atoms with Gasteiger partial charge in [-0.2, -0.15) is 0 Å². The Morgan fingerprint density at radius 2 is 1.95 bits per heavy atom. The molecule has 1 aromatic carbocycles. The summed E-state index contributed by atoms with van der Waals surface area (Å²) in [4.78, 5) is 2.46. The normalized spacial score (nSPS) is 24.1. The molecule has 0 radical (unpaired) electrons. The summed E-state index contributed by atoms with van der Waals surface area (Å²) in [6.45, 7) is 4.91. The topological polar surface area (TPSA) is 15.3 Å². The van der Waals surface area contributed by atoms with E-state index in [0.717, 1.165) is 25.7 Å². The summed E-state index contributed by atoms with van der Waals surface area (Å²) in [5.41, 5.74) is 0.764. The highest BCUT2D eigenvalue weighted by Gasteiger charge is 2.42. The highest BCUT2D eigenvalue weighted by molar-refractivity contribution is 5.23. The summed E-state index contributed by atoms with van der Waals surface area (Å²) in [7, 11) is 0. The number of hydrogen-bond donors (Lipinski definition) is 1. The first-order valence-electron chi connectivity index (χ1n) is 8.05. The number of rotatable bonds is 2. The second-order valence-electron chi connectivity index (χ2n) is 6.50. The summed E-state index contributed by atoms with van der Waals surface area (Å²) < 4.78 is 27.3. The lowest BCUT2D eigenvalue weighted by molar-refractivity contribution is -0.00376. The minimum atomic E-state index is -0.504. The third-order valence-electron chi connectivity index (χ3n) is 5.26. The van der Waals surface area contributed by atoms with Gasteiger partial charge in [-0.25, -0.2) is 8.78 Å². The molecule has 1 atom stereocenters. The van der Waals surface area contributed by atoms with Gasteiger partial charge in [-0.1, -0.05) is 25.3 Å².